The molecule has 14 heavy (non-hydrogen) atoms. The van der Waals surface area contributed by atoms with E-state index < -0.39 is 0 Å². The van der Waals surface area contributed by atoms with Gasteiger partial charge in [-0.2, -0.15) is 0 Å². The van der Waals surface area contributed by atoms with E-state index >= 15 is 0 Å². The molecule has 0 spiro atoms. The van der Waals surface area contributed by atoms with E-state index in [1.807, 2.05) is 11.3 Å². The van der Waals surface area contributed by atoms with Crippen LogP contribution in [0.15, 0.2) is 29.7 Å². The van der Waals surface area contributed by atoms with Crippen LogP contribution in [-0.4, -0.2) is 13.1 Å². The maximum Gasteiger partial charge on any atom is 0.00482 e. The minimum Gasteiger partial charge on any atom is -0.317 e. The molecule has 0 bridgehead atoms. The molecular formula is C12H19NS. The van der Waals surface area contributed by atoms with Crippen molar-refractivity contribution in [1.82, 2.24) is 5.32 Å². The predicted molar refractivity (Wildman–Crippen MR) is 64.9 cm³/mol. The average Bonchev–Trinajstić information content (AvgIpc) is 2.69. The van der Waals surface area contributed by atoms with Crippen LogP contribution in [0.1, 0.15) is 24.6 Å². The lowest BCUT2D eigenvalue weighted by Crippen LogP contribution is -2.12. The summed E-state index contributed by atoms with van der Waals surface area (Å²) in [5, 5.41) is 5.45. The predicted octanol–water partition coefficient (Wildman–Crippen LogP) is 3.24. The fourth-order valence-corrected chi connectivity index (χ4v) is 2.00. The molecule has 0 amide bonds. The van der Waals surface area contributed by atoms with Crippen LogP contribution in [0, 0.1) is 0 Å². The van der Waals surface area contributed by atoms with Crippen molar-refractivity contribution >= 4 is 11.3 Å². The van der Waals surface area contributed by atoms with Gasteiger partial charge in [-0.1, -0.05) is 25.1 Å². The number of nitrogens with one attached hydrogen (secondary N) is 1. The van der Waals surface area contributed by atoms with Gasteiger partial charge in [0.15, 0.2) is 0 Å². The average molecular weight is 209 g/mol. The largest absolute Gasteiger partial charge is 0.317 e. The molecule has 0 radical (unpaired) electrons. The van der Waals surface area contributed by atoms with Gasteiger partial charge >= 0.3 is 0 Å². The molecule has 0 saturated heterocycles. The van der Waals surface area contributed by atoms with Crippen molar-refractivity contribution in [2.45, 2.75) is 26.2 Å². The standard InChI is InChI=1S/C12H19NS/c1-2-13-10-6-4-3-5-8-12-9-7-11-14-12/h3-4,7,9,11,13H,2,5-6,8,10H2,1H3. The summed E-state index contributed by atoms with van der Waals surface area (Å²) in [5.74, 6) is 0. The molecule has 0 aliphatic carbocycles. The molecule has 78 valence electrons. The number of thiophene rings is 1. The highest BCUT2D eigenvalue weighted by Gasteiger charge is 1.89. The van der Waals surface area contributed by atoms with Crippen LogP contribution >= 0.6 is 11.3 Å². The minimum atomic E-state index is 1.07. The van der Waals surface area contributed by atoms with Gasteiger partial charge in [0.05, 0.1) is 0 Å². The van der Waals surface area contributed by atoms with Crippen LogP contribution in [0.3, 0.4) is 0 Å². The highest BCUT2D eigenvalue weighted by Crippen LogP contribution is 2.10. The molecule has 1 N–H and O–H groups in total. The van der Waals surface area contributed by atoms with Crippen molar-refractivity contribution in [2.24, 2.45) is 0 Å². The van der Waals surface area contributed by atoms with Crippen LogP contribution in [0.25, 0.3) is 0 Å². The van der Waals surface area contributed by atoms with Crippen molar-refractivity contribution in [3.05, 3.63) is 34.5 Å². The minimum absolute atomic E-state index is 1.07. The fourth-order valence-electron chi connectivity index (χ4n) is 1.28. The molecule has 0 aliphatic heterocycles. The molecule has 2 heteroatoms. The summed E-state index contributed by atoms with van der Waals surface area (Å²) in [4.78, 5) is 1.49. The summed E-state index contributed by atoms with van der Waals surface area (Å²) in [5.41, 5.74) is 0. The highest BCUT2D eigenvalue weighted by molar-refractivity contribution is 7.09. The van der Waals surface area contributed by atoms with E-state index in [0.29, 0.717) is 0 Å². The first-order chi connectivity index (χ1) is 6.93. The highest BCUT2D eigenvalue weighted by atomic mass is 32.1. The second-order valence-corrected chi connectivity index (χ2v) is 4.26. The first-order valence-corrected chi connectivity index (χ1v) is 6.19. The lowest BCUT2D eigenvalue weighted by molar-refractivity contribution is 0.725. The van der Waals surface area contributed by atoms with E-state index in [1.165, 1.54) is 17.7 Å². The Labute approximate surface area is 90.9 Å². The van der Waals surface area contributed by atoms with Crippen LogP contribution in [0.2, 0.25) is 0 Å². The van der Waals surface area contributed by atoms with Gasteiger partial charge in [-0.15, -0.1) is 11.3 Å². The Hall–Kier alpha value is -0.600. The van der Waals surface area contributed by atoms with Crippen molar-refractivity contribution < 1.29 is 0 Å². The summed E-state index contributed by atoms with van der Waals surface area (Å²) < 4.78 is 0. The second-order valence-electron chi connectivity index (χ2n) is 3.23. The number of allylic oxidation sites excluding steroid dienone is 1. The SMILES string of the molecule is CCNCCC=CCCc1cccs1. The van der Waals surface area contributed by atoms with E-state index in [-0.39, 0.29) is 0 Å². The monoisotopic (exact) mass is 209 g/mol. The molecule has 0 aromatic carbocycles. The van der Waals surface area contributed by atoms with E-state index in [1.54, 1.807) is 0 Å². The molecule has 1 rings (SSSR count). The van der Waals surface area contributed by atoms with Crippen LogP contribution in [0.5, 0.6) is 0 Å². The summed E-state index contributed by atoms with van der Waals surface area (Å²) >= 11 is 1.85. The smallest absolute Gasteiger partial charge is 0.00482 e. The van der Waals surface area contributed by atoms with Crippen molar-refractivity contribution in [1.29, 1.82) is 0 Å². The quantitative estimate of drug-likeness (QED) is 0.537. The number of aryl methyl sites for hydroxylation is 1. The molecule has 1 heterocycles. The molecule has 1 nitrogen and oxygen atoms in total. The number of hydrogen-bond acceptors (Lipinski definition) is 2. The zero-order valence-corrected chi connectivity index (χ0v) is 9.65. The molecule has 0 fully saturated rings. The van der Waals surface area contributed by atoms with Gasteiger partial charge in [0.2, 0.25) is 0 Å². The van der Waals surface area contributed by atoms with Crippen molar-refractivity contribution in [3.8, 4) is 0 Å². The molecule has 0 unspecified atom stereocenters. The van der Waals surface area contributed by atoms with Crippen molar-refractivity contribution in [3.63, 3.8) is 0 Å². The molecule has 1 aromatic rings. The molecule has 0 saturated carbocycles. The molecule has 0 aliphatic rings. The Bertz CT molecular complexity index is 239. The Morgan fingerprint density at radius 1 is 1.36 bits per heavy atom. The summed E-state index contributed by atoms with van der Waals surface area (Å²) in [6, 6.07) is 4.33. The first-order valence-electron chi connectivity index (χ1n) is 5.31. The lowest BCUT2D eigenvalue weighted by atomic mass is 10.2. The Balaban J connectivity index is 1.98. The van der Waals surface area contributed by atoms with Gasteiger partial charge in [0.1, 0.15) is 0 Å². The molecule has 0 atom stereocenters. The normalized spacial score (nSPS) is 11.2. The van der Waals surface area contributed by atoms with Gasteiger partial charge in [0.25, 0.3) is 0 Å². The first kappa shape index (κ1) is 11.5. The summed E-state index contributed by atoms with van der Waals surface area (Å²) in [7, 11) is 0. The van der Waals surface area contributed by atoms with Gasteiger partial charge < -0.3 is 5.32 Å². The third-order valence-electron chi connectivity index (χ3n) is 2.04. The van der Waals surface area contributed by atoms with Crippen LogP contribution in [-0.2, 0) is 6.42 Å². The van der Waals surface area contributed by atoms with E-state index in [0.717, 1.165) is 19.5 Å². The van der Waals surface area contributed by atoms with Crippen LogP contribution in [0.4, 0.5) is 0 Å². The zero-order valence-electron chi connectivity index (χ0n) is 8.83. The lowest BCUT2D eigenvalue weighted by Gasteiger charge is -1.95. The van der Waals surface area contributed by atoms with E-state index in [2.05, 4.69) is 41.9 Å². The Morgan fingerprint density at radius 3 is 2.93 bits per heavy atom. The topological polar surface area (TPSA) is 12.0 Å². The number of rotatable bonds is 7. The van der Waals surface area contributed by atoms with Gasteiger partial charge in [-0.3, -0.25) is 0 Å². The number of hydrogen-bond donors (Lipinski definition) is 1. The Morgan fingerprint density at radius 2 is 2.21 bits per heavy atom. The van der Waals surface area contributed by atoms with Crippen molar-refractivity contribution in [2.75, 3.05) is 13.1 Å². The van der Waals surface area contributed by atoms with Crippen LogP contribution < -0.4 is 5.32 Å². The third-order valence-corrected chi connectivity index (χ3v) is 2.98. The Kier molecular flexibility index (Phi) is 6.37. The van der Waals surface area contributed by atoms with E-state index in [9.17, 15) is 0 Å². The summed E-state index contributed by atoms with van der Waals surface area (Å²) in [6.45, 7) is 4.32. The van der Waals surface area contributed by atoms with Gasteiger partial charge in [-0.05, 0) is 43.8 Å². The zero-order chi connectivity index (χ0) is 10.1. The maximum atomic E-state index is 3.30. The second kappa shape index (κ2) is 7.77. The summed E-state index contributed by atoms with van der Waals surface area (Å²) in [6.07, 6.45) is 8.08. The van der Waals surface area contributed by atoms with Gasteiger partial charge in [0, 0.05) is 4.88 Å². The molecule has 1 aromatic heterocycles. The molecular weight excluding hydrogens is 190 g/mol. The fraction of sp³-hybridized carbons (Fsp3) is 0.500. The maximum absolute atomic E-state index is 3.30. The third kappa shape index (κ3) is 5.20. The van der Waals surface area contributed by atoms with Gasteiger partial charge in [-0.25, -0.2) is 0 Å². The van der Waals surface area contributed by atoms with E-state index in [4.69, 9.17) is 0 Å².